The van der Waals surface area contributed by atoms with Crippen LogP contribution in [0.15, 0.2) is 54.6 Å². The lowest BCUT2D eigenvalue weighted by molar-refractivity contribution is -0.148. The summed E-state index contributed by atoms with van der Waals surface area (Å²) in [6.45, 7) is 1.80. The van der Waals surface area contributed by atoms with Gasteiger partial charge in [0.05, 0.1) is 0 Å². The highest BCUT2D eigenvalue weighted by atomic mass is 35.5. The van der Waals surface area contributed by atoms with E-state index in [1.165, 1.54) is 0 Å². The van der Waals surface area contributed by atoms with E-state index in [4.69, 9.17) is 16.3 Å². The Hall–Kier alpha value is -1.80. The van der Waals surface area contributed by atoms with E-state index in [1.54, 1.807) is 6.92 Å². The first-order valence-electron chi connectivity index (χ1n) is 7.16. The first-order valence-corrected chi connectivity index (χ1v) is 7.53. The molecule has 3 heteroatoms. The molecule has 0 amide bonds. The van der Waals surface area contributed by atoms with Gasteiger partial charge in [0.15, 0.2) is 0 Å². The van der Waals surface area contributed by atoms with Gasteiger partial charge < -0.3 is 4.74 Å². The van der Waals surface area contributed by atoms with Crippen LogP contribution in [0.5, 0.6) is 0 Å². The van der Waals surface area contributed by atoms with Crippen molar-refractivity contribution in [1.82, 2.24) is 0 Å². The number of hydrogen-bond donors (Lipinski definition) is 0. The second-order valence-electron chi connectivity index (χ2n) is 4.95. The molecule has 0 aromatic heterocycles. The number of esters is 1. The molecule has 1 unspecified atom stereocenters. The molecular weight excluding hydrogens is 284 g/mol. The van der Waals surface area contributed by atoms with Gasteiger partial charge in [0.25, 0.3) is 0 Å². The Morgan fingerprint density at radius 1 is 1.05 bits per heavy atom. The van der Waals surface area contributed by atoms with Gasteiger partial charge in [-0.3, -0.25) is 4.79 Å². The second-order valence-corrected chi connectivity index (χ2v) is 5.36. The van der Waals surface area contributed by atoms with Gasteiger partial charge in [0.1, 0.15) is 6.10 Å². The molecule has 0 aliphatic rings. The topological polar surface area (TPSA) is 26.3 Å². The van der Waals surface area contributed by atoms with Crippen LogP contribution in [-0.4, -0.2) is 12.1 Å². The largest absolute Gasteiger partial charge is 0.462 e. The number of benzene rings is 2. The zero-order chi connectivity index (χ0) is 15.1. The average molecular weight is 303 g/mol. The van der Waals surface area contributed by atoms with Crippen LogP contribution in [0, 0.1) is 0 Å². The third-order valence-corrected chi connectivity index (χ3v) is 3.67. The summed E-state index contributed by atoms with van der Waals surface area (Å²) in [5.41, 5.74) is 2.16. The Balaban J connectivity index is 2.12. The van der Waals surface area contributed by atoms with Crippen molar-refractivity contribution in [1.29, 1.82) is 0 Å². The molecule has 0 heterocycles. The Morgan fingerprint density at radius 3 is 2.38 bits per heavy atom. The van der Waals surface area contributed by atoms with Gasteiger partial charge in [-0.1, -0.05) is 67.1 Å². The van der Waals surface area contributed by atoms with E-state index in [2.05, 4.69) is 0 Å². The maximum Gasteiger partial charge on any atom is 0.305 e. The van der Waals surface area contributed by atoms with Crippen molar-refractivity contribution in [2.45, 2.75) is 32.3 Å². The van der Waals surface area contributed by atoms with Crippen molar-refractivity contribution in [3.05, 3.63) is 70.7 Å². The molecular formula is C18H19ClO2. The summed E-state index contributed by atoms with van der Waals surface area (Å²) in [7, 11) is 0. The number of carbonyl (C=O) groups is 1. The van der Waals surface area contributed by atoms with Gasteiger partial charge in [-0.2, -0.15) is 0 Å². The summed E-state index contributed by atoms with van der Waals surface area (Å²) < 4.78 is 5.56. The van der Waals surface area contributed by atoms with Crippen LogP contribution >= 0.6 is 11.6 Å². The van der Waals surface area contributed by atoms with Gasteiger partial charge in [-0.05, 0) is 17.2 Å². The van der Waals surface area contributed by atoms with Crippen LogP contribution in [0.3, 0.4) is 0 Å². The molecule has 2 aromatic carbocycles. The number of halogens is 1. The van der Waals surface area contributed by atoms with Gasteiger partial charge in [-0.25, -0.2) is 0 Å². The summed E-state index contributed by atoms with van der Waals surface area (Å²) in [6.07, 6.45) is 1.51. The third kappa shape index (κ3) is 4.91. The monoisotopic (exact) mass is 302 g/mol. The van der Waals surface area contributed by atoms with Crippen LogP contribution in [0.25, 0.3) is 0 Å². The van der Waals surface area contributed by atoms with Crippen LogP contribution in [0.1, 0.15) is 24.5 Å². The molecule has 2 rings (SSSR count). The van der Waals surface area contributed by atoms with Crippen LogP contribution in [0.4, 0.5) is 0 Å². The molecule has 0 saturated carbocycles. The van der Waals surface area contributed by atoms with Crippen LogP contribution in [0.2, 0.25) is 5.02 Å². The highest BCUT2D eigenvalue weighted by Gasteiger charge is 2.16. The minimum absolute atomic E-state index is 0.178. The van der Waals surface area contributed by atoms with Crippen molar-refractivity contribution < 1.29 is 9.53 Å². The van der Waals surface area contributed by atoms with Crippen molar-refractivity contribution in [2.24, 2.45) is 0 Å². The Labute approximate surface area is 130 Å². The highest BCUT2D eigenvalue weighted by molar-refractivity contribution is 6.31. The molecule has 0 spiro atoms. The van der Waals surface area contributed by atoms with E-state index < -0.39 is 0 Å². The first kappa shape index (κ1) is 15.6. The fourth-order valence-corrected chi connectivity index (χ4v) is 2.42. The minimum atomic E-state index is -0.195. The third-order valence-electron chi connectivity index (χ3n) is 3.30. The summed E-state index contributed by atoms with van der Waals surface area (Å²) in [6, 6.07) is 17.7. The highest BCUT2D eigenvalue weighted by Crippen LogP contribution is 2.19. The van der Waals surface area contributed by atoms with E-state index in [0.29, 0.717) is 24.3 Å². The molecule has 0 N–H and O–H groups in total. The standard InChI is InChI=1S/C18H19ClO2/c1-2-18(20)21-16(12-14-8-4-3-5-9-14)13-15-10-6-7-11-17(15)19/h3-11,16H,2,12-13H2,1H3. The van der Waals surface area contributed by atoms with E-state index in [0.717, 1.165) is 11.1 Å². The fraction of sp³-hybridized carbons (Fsp3) is 0.278. The van der Waals surface area contributed by atoms with Crippen molar-refractivity contribution in [3.8, 4) is 0 Å². The van der Waals surface area contributed by atoms with Gasteiger partial charge in [-0.15, -0.1) is 0 Å². The van der Waals surface area contributed by atoms with Crippen LogP contribution in [-0.2, 0) is 22.4 Å². The van der Waals surface area contributed by atoms with Crippen molar-refractivity contribution in [2.75, 3.05) is 0 Å². The van der Waals surface area contributed by atoms with Crippen LogP contribution < -0.4 is 0 Å². The SMILES string of the molecule is CCC(=O)OC(Cc1ccccc1)Cc1ccccc1Cl. The Kier molecular flexibility index (Phi) is 5.82. The van der Waals surface area contributed by atoms with Crippen molar-refractivity contribution in [3.63, 3.8) is 0 Å². The minimum Gasteiger partial charge on any atom is -0.462 e. The molecule has 0 bridgehead atoms. The molecule has 1 atom stereocenters. The quantitative estimate of drug-likeness (QED) is 0.737. The lowest BCUT2D eigenvalue weighted by atomic mass is 10.0. The van der Waals surface area contributed by atoms with Crippen molar-refractivity contribution >= 4 is 17.6 Å². The number of carbonyl (C=O) groups excluding carboxylic acids is 1. The fourth-order valence-electron chi connectivity index (χ4n) is 2.21. The van der Waals surface area contributed by atoms with Gasteiger partial charge in [0, 0.05) is 24.3 Å². The molecule has 21 heavy (non-hydrogen) atoms. The zero-order valence-corrected chi connectivity index (χ0v) is 12.8. The molecule has 0 fully saturated rings. The number of ether oxygens (including phenoxy) is 1. The van der Waals surface area contributed by atoms with Gasteiger partial charge in [0.2, 0.25) is 0 Å². The summed E-state index contributed by atoms with van der Waals surface area (Å²) >= 11 is 6.20. The second kappa shape index (κ2) is 7.84. The predicted octanol–water partition coefficient (Wildman–Crippen LogP) is 4.45. The molecule has 0 radical (unpaired) electrons. The smallest absolute Gasteiger partial charge is 0.305 e. The summed E-state index contributed by atoms with van der Waals surface area (Å²) in [5, 5.41) is 0.711. The summed E-state index contributed by atoms with van der Waals surface area (Å²) in [5.74, 6) is -0.178. The molecule has 0 aliphatic carbocycles. The van der Waals surface area contributed by atoms with E-state index in [1.807, 2.05) is 54.6 Å². The average Bonchev–Trinajstić information content (AvgIpc) is 2.50. The Morgan fingerprint density at radius 2 is 1.71 bits per heavy atom. The molecule has 2 aromatic rings. The number of rotatable bonds is 6. The Bertz CT molecular complexity index is 581. The first-order chi connectivity index (χ1) is 10.2. The maximum atomic E-state index is 11.6. The molecule has 0 aliphatic heterocycles. The number of hydrogen-bond acceptors (Lipinski definition) is 2. The molecule has 110 valence electrons. The lowest BCUT2D eigenvalue weighted by Crippen LogP contribution is -2.23. The predicted molar refractivity (Wildman–Crippen MR) is 85.5 cm³/mol. The van der Waals surface area contributed by atoms with E-state index >= 15 is 0 Å². The molecule has 2 nitrogen and oxygen atoms in total. The van der Waals surface area contributed by atoms with E-state index in [9.17, 15) is 4.79 Å². The normalized spacial score (nSPS) is 11.9. The zero-order valence-electron chi connectivity index (χ0n) is 12.1. The maximum absolute atomic E-state index is 11.6. The lowest BCUT2D eigenvalue weighted by Gasteiger charge is -2.18. The van der Waals surface area contributed by atoms with Gasteiger partial charge >= 0.3 is 5.97 Å². The summed E-state index contributed by atoms with van der Waals surface area (Å²) in [4.78, 5) is 11.6. The molecule has 0 saturated heterocycles. The van der Waals surface area contributed by atoms with E-state index in [-0.39, 0.29) is 12.1 Å².